The van der Waals surface area contributed by atoms with Gasteiger partial charge in [-0.05, 0) is 25.5 Å². The lowest BCUT2D eigenvalue weighted by Crippen LogP contribution is -1.99. The molecule has 0 radical (unpaired) electrons. The molecule has 58 valence electrons. The van der Waals surface area contributed by atoms with Crippen LogP contribution in [0.5, 0.6) is 0 Å². The second-order valence-electron chi connectivity index (χ2n) is 2.33. The summed E-state index contributed by atoms with van der Waals surface area (Å²) < 4.78 is 0. The van der Waals surface area contributed by atoms with Gasteiger partial charge in [-0.15, -0.1) is 5.73 Å². The normalized spacial score (nSPS) is 11.9. The van der Waals surface area contributed by atoms with Crippen LogP contribution >= 0.6 is 0 Å². The Morgan fingerprint density at radius 1 is 1.60 bits per heavy atom. The van der Waals surface area contributed by atoms with Gasteiger partial charge in [0.15, 0.2) is 0 Å². The summed E-state index contributed by atoms with van der Waals surface area (Å²) in [7, 11) is 0. The monoisotopic (exact) mass is 140 g/mol. The van der Waals surface area contributed by atoms with E-state index < -0.39 is 0 Å². The maximum absolute atomic E-state index is 9.17. The van der Waals surface area contributed by atoms with E-state index in [1.54, 1.807) is 12.2 Å². The van der Waals surface area contributed by atoms with Crippen molar-refractivity contribution in [1.29, 1.82) is 0 Å². The molecule has 10 heavy (non-hydrogen) atoms. The summed E-state index contributed by atoms with van der Waals surface area (Å²) in [5.41, 5.74) is 2.86. The van der Waals surface area contributed by atoms with Crippen molar-refractivity contribution in [3.8, 4) is 0 Å². The van der Waals surface area contributed by atoms with E-state index in [0.717, 1.165) is 19.3 Å². The number of hydrogen-bond donors (Lipinski definition) is 1. The van der Waals surface area contributed by atoms with Gasteiger partial charge >= 0.3 is 0 Å². The number of unbranched alkanes of at least 4 members (excludes halogenated alkanes) is 1. The van der Waals surface area contributed by atoms with Crippen molar-refractivity contribution >= 4 is 0 Å². The Hall–Kier alpha value is -0.520. The highest BCUT2D eigenvalue weighted by Crippen LogP contribution is 2.00. The van der Waals surface area contributed by atoms with Gasteiger partial charge in [0.2, 0.25) is 0 Å². The van der Waals surface area contributed by atoms with E-state index in [2.05, 4.69) is 12.7 Å². The fourth-order valence-electron chi connectivity index (χ4n) is 0.704. The van der Waals surface area contributed by atoms with Gasteiger partial charge in [0.05, 0.1) is 6.10 Å². The van der Waals surface area contributed by atoms with Crippen LogP contribution in [0.15, 0.2) is 17.9 Å². The van der Waals surface area contributed by atoms with Crippen LogP contribution in [0.25, 0.3) is 0 Å². The van der Waals surface area contributed by atoms with Crippen molar-refractivity contribution in [1.82, 2.24) is 0 Å². The third-order valence-corrected chi connectivity index (χ3v) is 1.31. The molecule has 0 bridgehead atoms. The minimum Gasteiger partial charge on any atom is -0.388 e. The van der Waals surface area contributed by atoms with Crippen LogP contribution in [0.4, 0.5) is 0 Å². The van der Waals surface area contributed by atoms with Gasteiger partial charge in [-0.25, -0.2) is 0 Å². The van der Waals surface area contributed by atoms with Crippen molar-refractivity contribution in [2.45, 2.75) is 39.2 Å². The van der Waals surface area contributed by atoms with Gasteiger partial charge in [-0.3, -0.25) is 0 Å². The molecular formula is C9H16O. The van der Waals surface area contributed by atoms with E-state index in [0.29, 0.717) is 0 Å². The Morgan fingerprint density at radius 3 is 2.80 bits per heavy atom. The Bertz CT molecular complexity index is 121. The van der Waals surface area contributed by atoms with Gasteiger partial charge in [-0.2, -0.15) is 0 Å². The molecule has 0 heterocycles. The summed E-state index contributed by atoms with van der Waals surface area (Å²) in [5.74, 6) is 0. The molecule has 0 rings (SSSR count). The SMILES string of the molecule is CC=C=C[C@H](O)CCCC. The second kappa shape index (κ2) is 6.60. The van der Waals surface area contributed by atoms with E-state index >= 15 is 0 Å². The Labute approximate surface area is 63.1 Å². The Balaban J connectivity index is 3.43. The highest BCUT2D eigenvalue weighted by atomic mass is 16.3. The topological polar surface area (TPSA) is 20.2 Å². The molecule has 0 aromatic carbocycles. The van der Waals surface area contributed by atoms with E-state index in [4.69, 9.17) is 0 Å². The summed E-state index contributed by atoms with van der Waals surface area (Å²) >= 11 is 0. The minimum atomic E-state index is -0.295. The molecule has 0 aromatic heterocycles. The summed E-state index contributed by atoms with van der Waals surface area (Å²) in [5, 5.41) is 9.17. The molecule has 0 aliphatic carbocycles. The van der Waals surface area contributed by atoms with Crippen LogP contribution in [0.1, 0.15) is 33.1 Å². The van der Waals surface area contributed by atoms with Crippen LogP contribution in [-0.2, 0) is 0 Å². The molecule has 0 unspecified atom stereocenters. The molecular weight excluding hydrogens is 124 g/mol. The van der Waals surface area contributed by atoms with Crippen molar-refractivity contribution in [3.63, 3.8) is 0 Å². The molecule has 0 saturated carbocycles. The summed E-state index contributed by atoms with van der Waals surface area (Å²) in [4.78, 5) is 0. The van der Waals surface area contributed by atoms with E-state index in [-0.39, 0.29) is 6.10 Å². The standard InChI is InChI=1S/C9H16O/c1-3-5-7-9(10)8-6-4-2/h3,7,9-10H,4,6,8H2,1-2H3/t5?,9-/m0/s1. The first kappa shape index (κ1) is 9.48. The zero-order valence-corrected chi connectivity index (χ0v) is 6.80. The summed E-state index contributed by atoms with van der Waals surface area (Å²) in [6, 6.07) is 0. The molecule has 1 nitrogen and oxygen atoms in total. The first-order valence-corrected chi connectivity index (χ1v) is 3.86. The van der Waals surface area contributed by atoms with Crippen molar-refractivity contribution in [2.24, 2.45) is 0 Å². The third kappa shape index (κ3) is 5.61. The third-order valence-electron chi connectivity index (χ3n) is 1.31. The molecule has 0 fully saturated rings. The number of hydrogen-bond acceptors (Lipinski definition) is 1. The van der Waals surface area contributed by atoms with Gasteiger partial charge in [0.25, 0.3) is 0 Å². The molecule has 0 spiro atoms. The first-order chi connectivity index (χ1) is 4.81. The molecule has 0 aromatic rings. The van der Waals surface area contributed by atoms with E-state index in [9.17, 15) is 5.11 Å². The van der Waals surface area contributed by atoms with Crippen LogP contribution < -0.4 is 0 Å². The molecule has 1 atom stereocenters. The average Bonchev–Trinajstić information content (AvgIpc) is 1.97. The molecule has 1 N–H and O–H groups in total. The lowest BCUT2D eigenvalue weighted by molar-refractivity contribution is 0.209. The Kier molecular flexibility index (Phi) is 6.25. The minimum absolute atomic E-state index is 0.295. The molecule has 0 saturated heterocycles. The van der Waals surface area contributed by atoms with Crippen molar-refractivity contribution in [2.75, 3.05) is 0 Å². The maximum atomic E-state index is 9.17. The second-order valence-corrected chi connectivity index (χ2v) is 2.33. The van der Waals surface area contributed by atoms with E-state index in [1.807, 2.05) is 6.92 Å². The van der Waals surface area contributed by atoms with Gasteiger partial charge < -0.3 is 5.11 Å². The van der Waals surface area contributed by atoms with Gasteiger partial charge in [0.1, 0.15) is 0 Å². The van der Waals surface area contributed by atoms with Gasteiger partial charge in [-0.1, -0.05) is 19.8 Å². The summed E-state index contributed by atoms with van der Waals surface area (Å²) in [6.07, 6.45) is 6.29. The zero-order chi connectivity index (χ0) is 7.82. The van der Waals surface area contributed by atoms with Crippen molar-refractivity contribution in [3.05, 3.63) is 17.9 Å². The molecule has 0 amide bonds. The Morgan fingerprint density at radius 2 is 2.30 bits per heavy atom. The highest BCUT2D eigenvalue weighted by Gasteiger charge is 1.94. The predicted molar refractivity (Wildman–Crippen MR) is 43.9 cm³/mol. The molecule has 0 aliphatic heterocycles. The van der Waals surface area contributed by atoms with E-state index in [1.165, 1.54) is 0 Å². The van der Waals surface area contributed by atoms with Crippen LogP contribution in [0, 0.1) is 0 Å². The number of aliphatic hydroxyl groups excluding tert-OH is 1. The zero-order valence-electron chi connectivity index (χ0n) is 6.80. The summed E-state index contributed by atoms with van der Waals surface area (Å²) in [6.45, 7) is 4.01. The highest BCUT2D eigenvalue weighted by molar-refractivity contribution is 4.87. The average molecular weight is 140 g/mol. The van der Waals surface area contributed by atoms with Crippen LogP contribution in [0.2, 0.25) is 0 Å². The number of rotatable bonds is 4. The fraction of sp³-hybridized carbons (Fsp3) is 0.667. The fourth-order valence-corrected chi connectivity index (χ4v) is 0.704. The lowest BCUT2D eigenvalue weighted by atomic mass is 10.1. The van der Waals surface area contributed by atoms with Crippen LogP contribution in [0.3, 0.4) is 0 Å². The molecule has 0 aliphatic rings. The van der Waals surface area contributed by atoms with Crippen molar-refractivity contribution < 1.29 is 5.11 Å². The number of aliphatic hydroxyl groups is 1. The maximum Gasteiger partial charge on any atom is 0.0794 e. The molecule has 1 heteroatoms. The smallest absolute Gasteiger partial charge is 0.0794 e. The largest absolute Gasteiger partial charge is 0.388 e. The lowest BCUT2D eigenvalue weighted by Gasteiger charge is -2.00. The predicted octanol–water partition coefficient (Wildman–Crippen LogP) is 2.27. The first-order valence-electron chi connectivity index (χ1n) is 3.86. The quantitative estimate of drug-likeness (QED) is 0.594. The van der Waals surface area contributed by atoms with Gasteiger partial charge in [0, 0.05) is 0 Å². The van der Waals surface area contributed by atoms with Crippen LogP contribution in [-0.4, -0.2) is 11.2 Å².